The van der Waals surface area contributed by atoms with Gasteiger partial charge in [0.25, 0.3) is 0 Å². The quantitative estimate of drug-likeness (QED) is 0.862. The number of anilines is 1. The first kappa shape index (κ1) is 17.4. The molecule has 1 rings (SSSR count). The molecule has 0 amide bonds. The van der Waals surface area contributed by atoms with E-state index in [1.165, 1.54) is 5.56 Å². The lowest BCUT2D eigenvalue weighted by Crippen LogP contribution is -2.42. The standard InChI is InChI=1S/C16H28BrN3/c1-8-16(5,6)20(7)14-12(9-13(17)11-18-14)10-19-15(2,3)4/h9,11,19H,8,10H2,1-7H3. The van der Waals surface area contributed by atoms with Crippen molar-refractivity contribution in [2.24, 2.45) is 0 Å². The Labute approximate surface area is 132 Å². The summed E-state index contributed by atoms with van der Waals surface area (Å²) in [5.74, 6) is 1.05. The molecule has 4 heteroatoms. The zero-order valence-corrected chi connectivity index (χ0v) is 15.4. The molecule has 114 valence electrons. The van der Waals surface area contributed by atoms with E-state index in [0.29, 0.717) is 0 Å². The number of nitrogens with one attached hydrogen (secondary N) is 1. The lowest BCUT2D eigenvalue weighted by Gasteiger charge is -2.37. The van der Waals surface area contributed by atoms with E-state index >= 15 is 0 Å². The number of hydrogen-bond donors (Lipinski definition) is 1. The van der Waals surface area contributed by atoms with Gasteiger partial charge in [0.15, 0.2) is 0 Å². The van der Waals surface area contributed by atoms with E-state index in [4.69, 9.17) is 0 Å². The molecule has 0 saturated carbocycles. The second-order valence-electron chi connectivity index (χ2n) is 6.96. The van der Waals surface area contributed by atoms with E-state index in [1.807, 2.05) is 6.20 Å². The van der Waals surface area contributed by atoms with Crippen molar-refractivity contribution in [1.29, 1.82) is 0 Å². The Morgan fingerprint density at radius 1 is 1.25 bits per heavy atom. The van der Waals surface area contributed by atoms with Gasteiger partial charge in [-0.15, -0.1) is 0 Å². The monoisotopic (exact) mass is 341 g/mol. The molecule has 0 unspecified atom stereocenters. The van der Waals surface area contributed by atoms with E-state index in [1.54, 1.807) is 0 Å². The Kier molecular flexibility index (Phi) is 5.61. The largest absolute Gasteiger partial charge is 0.354 e. The smallest absolute Gasteiger partial charge is 0.133 e. The number of aromatic nitrogens is 1. The van der Waals surface area contributed by atoms with Gasteiger partial charge in [0.1, 0.15) is 5.82 Å². The highest BCUT2D eigenvalue weighted by Gasteiger charge is 2.24. The van der Waals surface area contributed by atoms with E-state index < -0.39 is 0 Å². The average Bonchev–Trinajstić information content (AvgIpc) is 2.35. The van der Waals surface area contributed by atoms with Crippen LogP contribution in [0.5, 0.6) is 0 Å². The second kappa shape index (κ2) is 6.44. The van der Waals surface area contributed by atoms with Gasteiger partial charge in [-0.2, -0.15) is 0 Å². The first-order chi connectivity index (χ1) is 9.07. The topological polar surface area (TPSA) is 28.2 Å². The van der Waals surface area contributed by atoms with Crippen LogP contribution in [0.3, 0.4) is 0 Å². The molecule has 1 heterocycles. The fraction of sp³-hybridized carbons (Fsp3) is 0.688. The maximum Gasteiger partial charge on any atom is 0.133 e. The first-order valence-corrected chi connectivity index (χ1v) is 7.99. The van der Waals surface area contributed by atoms with Crippen molar-refractivity contribution in [1.82, 2.24) is 10.3 Å². The van der Waals surface area contributed by atoms with Crippen LogP contribution in [0.2, 0.25) is 0 Å². The molecule has 0 bridgehead atoms. The summed E-state index contributed by atoms with van der Waals surface area (Å²) in [6, 6.07) is 2.16. The summed E-state index contributed by atoms with van der Waals surface area (Å²) in [5, 5.41) is 3.54. The lowest BCUT2D eigenvalue weighted by atomic mass is 9.99. The zero-order valence-electron chi connectivity index (χ0n) is 13.8. The van der Waals surface area contributed by atoms with Crippen LogP contribution in [0, 0.1) is 0 Å². The van der Waals surface area contributed by atoms with Gasteiger partial charge >= 0.3 is 0 Å². The summed E-state index contributed by atoms with van der Waals surface area (Å²) in [4.78, 5) is 6.91. The molecular formula is C16H28BrN3. The summed E-state index contributed by atoms with van der Waals surface area (Å²) in [6.07, 6.45) is 2.95. The fourth-order valence-electron chi connectivity index (χ4n) is 1.79. The molecule has 0 spiro atoms. The maximum absolute atomic E-state index is 4.63. The third-order valence-electron chi connectivity index (χ3n) is 3.81. The normalized spacial score (nSPS) is 12.6. The van der Waals surface area contributed by atoms with Crippen LogP contribution in [-0.2, 0) is 6.54 Å². The van der Waals surface area contributed by atoms with Crippen LogP contribution in [0.15, 0.2) is 16.7 Å². The summed E-state index contributed by atoms with van der Waals surface area (Å²) in [7, 11) is 2.13. The van der Waals surface area contributed by atoms with Crippen molar-refractivity contribution < 1.29 is 0 Å². The number of hydrogen-bond acceptors (Lipinski definition) is 3. The van der Waals surface area contributed by atoms with Gasteiger partial charge in [-0.25, -0.2) is 4.98 Å². The molecule has 1 aromatic rings. The van der Waals surface area contributed by atoms with Crippen LogP contribution >= 0.6 is 15.9 Å². The van der Waals surface area contributed by atoms with Gasteiger partial charge in [0.05, 0.1) is 0 Å². The van der Waals surface area contributed by atoms with E-state index in [-0.39, 0.29) is 11.1 Å². The first-order valence-electron chi connectivity index (χ1n) is 7.20. The molecule has 1 aromatic heterocycles. The Bertz CT molecular complexity index is 450. The highest BCUT2D eigenvalue weighted by atomic mass is 79.9. The lowest BCUT2D eigenvalue weighted by molar-refractivity contribution is 0.421. The third kappa shape index (κ3) is 4.74. The molecule has 1 N–H and O–H groups in total. The third-order valence-corrected chi connectivity index (χ3v) is 4.24. The van der Waals surface area contributed by atoms with Crippen LogP contribution in [0.1, 0.15) is 53.5 Å². The van der Waals surface area contributed by atoms with Gasteiger partial charge in [-0.1, -0.05) is 6.92 Å². The van der Waals surface area contributed by atoms with Crippen LogP contribution in [-0.4, -0.2) is 23.1 Å². The fourth-order valence-corrected chi connectivity index (χ4v) is 2.17. The van der Waals surface area contributed by atoms with Crippen molar-refractivity contribution in [2.45, 2.75) is 65.6 Å². The Morgan fingerprint density at radius 3 is 2.35 bits per heavy atom. The minimum absolute atomic E-state index is 0.0946. The van der Waals surface area contributed by atoms with Gasteiger partial charge in [-0.3, -0.25) is 0 Å². The van der Waals surface area contributed by atoms with Crippen LogP contribution in [0.4, 0.5) is 5.82 Å². The van der Waals surface area contributed by atoms with Crippen LogP contribution in [0.25, 0.3) is 0 Å². The highest BCUT2D eigenvalue weighted by Crippen LogP contribution is 2.28. The zero-order chi connectivity index (χ0) is 15.6. The SMILES string of the molecule is CCC(C)(C)N(C)c1ncc(Br)cc1CNC(C)(C)C. The Balaban J connectivity index is 3.07. The molecular weight excluding hydrogens is 314 g/mol. The summed E-state index contributed by atoms with van der Waals surface area (Å²) in [6.45, 7) is 14.1. The highest BCUT2D eigenvalue weighted by molar-refractivity contribution is 9.10. The molecule has 0 fully saturated rings. The van der Waals surface area contributed by atoms with Gasteiger partial charge < -0.3 is 10.2 Å². The molecule has 0 aliphatic rings. The predicted molar refractivity (Wildman–Crippen MR) is 91.3 cm³/mol. The summed E-state index contributed by atoms with van der Waals surface area (Å²) >= 11 is 3.52. The van der Waals surface area contributed by atoms with Crippen molar-refractivity contribution in [2.75, 3.05) is 11.9 Å². The minimum Gasteiger partial charge on any atom is -0.354 e. The van der Waals surface area contributed by atoms with Gasteiger partial charge in [0, 0.05) is 40.9 Å². The van der Waals surface area contributed by atoms with Crippen molar-refractivity contribution in [3.05, 3.63) is 22.3 Å². The molecule has 0 atom stereocenters. The summed E-state index contributed by atoms with van der Waals surface area (Å²) in [5.41, 5.74) is 1.41. The molecule has 0 radical (unpaired) electrons. The van der Waals surface area contributed by atoms with E-state index in [0.717, 1.165) is 23.3 Å². The molecule has 0 aliphatic heterocycles. The van der Waals surface area contributed by atoms with Gasteiger partial charge in [-0.05, 0) is 63.0 Å². The molecule has 0 aromatic carbocycles. The van der Waals surface area contributed by atoms with E-state index in [9.17, 15) is 0 Å². The number of halogens is 1. The second-order valence-corrected chi connectivity index (χ2v) is 7.88. The van der Waals surface area contributed by atoms with Crippen molar-refractivity contribution in [3.63, 3.8) is 0 Å². The van der Waals surface area contributed by atoms with Crippen LogP contribution < -0.4 is 10.2 Å². The number of nitrogens with zero attached hydrogens (tertiary/aromatic N) is 2. The summed E-state index contributed by atoms with van der Waals surface area (Å²) < 4.78 is 1.02. The Morgan fingerprint density at radius 2 is 1.85 bits per heavy atom. The Hall–Kier alpha value is -0.610. The van der Waals surface area contributed by atoms with Gasteiger partial charge in [0.2, 0.25) is 0 Å². The predicted octanol–water partition coefficient (Wildman–Crippen LogP) is 4.36. The molecule has 0 saturated heterocycles. The average molecular weight is 342 g/mol. The number of rotatable bonds is 5. The van der Waals surface area contributed by atoms with Crippen molar-refractivity contribution >= 4 is 21.7 Å². The molecule has 20 heavy (non-hydrogen) atoms. The number of pyridine rings is 1. The van der Waals surface area contributed by atoms with E-state index in [2.05, 4.69) is 85.8 Å². The van der Waals surface area contributed by atoms with Crippen molar-refractivity contribution in [3.8, 4) is 0 Å². The minimum atomic E-state index is 0.0946. The molecule has 3 nitrogen and oxygen atoms in total. The molecule has 0 aliphatic carbocycles. The maximum atomic E-state index is 4.63.